The van der Waals surface area contributed by atoms with E-state index >= 15 is 4.39 Å². The monoisotopic (exact) mass is 578 g/mol. The highest BCUT2D eigenvalue weighted by molar-refractivity contribution is 7.92. The zero-order valence-electron chi connectivity index (χ0n) is 19.3. The molecule has 3 aromatic carbocycles. The van der Waals surface area contributed by atoms with Crippen LogP contribution < -0.4 is 9.62 Å². The molecule has 0 unspecified atom stereocenters. The van der Waals surface area contributed by atoms with Gasteiger partial charge in [0, 0.05) is 28.1 Å². The first-order valence-electron chi connectivity index (χ1n) is 11.1. The minimum absolute atomic E-state index is 0.0104. The number of amides is 1. The highest BCUT2D eigenvalue weighted by atomic mass is 35.5. The largest absolute Gasteiger partial charge is 0.308 e. The molecule has 1 fully saturated rings. The summed E-state index contributed by atoms with van der Waals surface area (Å²) in [6, 6.07) is 15.9. The molecule has 12 heteroatoms. The van der Waals surface area contributed by atoms with Crippen molar-refractivity contribution in [1.29, 1.82) is 0 Å². The van der Waals surface area contributed by atoms with Crippen molar-refractivity contribution in [3.8, 4) is 11.1 Å². The summed E-state index contributed by atoms with van der Waals surface area (Å²) in [6.07, 6.45) is 1.24. The van der Waals surface area contributed by atoms with E-state index in [9.17, 15) is 21.6 Å². The maximum absolute atomic E-state index is 15.2. The van der Waals surface area contributed by atoms with Crippen LogP contribution in [0.3, 0.4) is 0 Å². The third kappa shape index (κ3) is 5.01. The van der Waals surface area contributed by atoms with Crippen molar-refractivity contribution in [2.24, 2.45) is 0 Å². The number of sulfone groups is 1. The van der Waals surface area contributed by atoms with Crippen LogP contribution in [0, 0.1) is 5.82 Å². The van der Waals surface area contributed by atoms with Gasteiger partial charge in [-0.2, -0.15) is 4.72 Å². The van der Waals surface area contributed by atoms with Gasteiger partial charge in [-0.1, -0.05) is 41.9 Å². The van der Waals surface area contributed by atoms with Crippen molar-refractivity contribution in [3.63, 3.8) is 0 Å². The van der Waals surface area contributed by atoms with E-state index in [-0.39, 0.29) is 27.8 Å². The Hall–Kier alpha value is -2.83. The normalized spacial score (nSPS) is 16.6. The second-order valence-electron chi connectivity index (χ2n) is 8.63. The van der Waals surface area contributed by atoms with Crippen molar-refractivity contribution in [1.82, 2.24) is 4.72 Å². The van der Waals surface area contributed by atoms with Crippen LogP contribution in [-0.4, -0.2) is 41.6 Å². The van der Waals surface area contributed by atoms with E-state index in [1.807, 2.05) is 0 Å². The van der Waals surface area contributed by atoms with Crippen molar-refractivity contribution in [3.05, 3.63) is 77.6 Å². The number of halogens is 2. The molecule has 0 spiro atoms. The molecule has 1 saturated heterocycles. The Morgan fingerprint density at radius 2 is 1.78 bits per heavy atom. The smallest absolute Gasteiger partial charge is 0.250 e. The fraction of sp³-hybridized carbons (Fsp3) is 0.160. The van der Waals surface area contributed by atoms with Gasteiger partial charge in [0.05, 0.1) is 10.6 Å². The van der Waals surface area contributed by atoms with Gasteiger partial charge >= 0.3 is 0 Å². The summed E-state index contributed by atoms with van der Waals surface area (Å²) in [5.41, 5.74) is 0.679. The van der Waals surface area contributed by atoms with Gasteiger partial charge in [0.1, 0.15) is 16.1 Å². The lowest BCUT2D eigenvalue weighted by atomic mass is 10.0. The lowest BCUT2D eigenvalue weighted by Crippen LogP contribution is -2.41. The fourth-order valence-electron chi connectivity index (χ4n) is 4.31. The third-order valence-electron chi connectivity index (χ3n) is 6.06. The number of sulfonamides is 1. The van der Waals surface area contributed by atoms with Crippen LogP contribution in [0.25, 0.3) is 21.2 Å². The molecule has 7 nitrogen and oxygen atoms in total. The molecule has 192 valence electrons. The predicted molar refractivity (Wildman–Crippen MR) is 143 cm³/mol. The minimum Gasteiger partial charge on any atom is -0.308 e. The van der Waals surface area contributed by atoms with Crippen LogP contribution in [0.1, 0.15) is 6.42 Å². The van der Waals surface area contributed by atoms with Crippen LogP contribution in [0.4, 0.5) is 10.1 Å². The molecule has 37 heavy (non-hydrogen) atoms. The van der Waals surface area contributed by atoms with Crippen molar-refractivity contribution >= 4 is 64.5 Å². The van der Waals surface area contributed by atoms with Gasteiger partial charge in [-0.25, -0.2) is 21.2 Å². The first-order chi connectivity index (χ1) is 17.4. The Morgan fingerprint density at radius 3 is 2.51 bits per heavy atom. The summed E-state index contributed by atoms with van der Waals surface area (Å²) in [6.45, 7) is 0.115. The molecule has 1 aliphatic heterocycles. The lowest BCUT2D eigenvalue weighted by molar-refractivity contribution is -0.118. The highest BCUT2D eigenvalue weighted by Crippen LogP contribution is 2.34. The molecule has 0 bridgehead atoms. The number of nitrogens with one attached hydrogen (secondary N) is 1. The first-order valence-corrected chi connectivity index (χ1v) is 15.6. The number of nitrogens with zero attached hydrogens (tertiary/aromatic N) is 1. The number of carbonyl (C=O) groups is 1. The highest BCUT2D eigenvalue weighted by Gasteiger charge is 2.37. The van der Waals surface area contributed by atoms with E-state index in [2.05, 4.69) is 4.72 Å². The molecule has 5 rings (SSSR count). The predicted octanol–water partition coefficient (Wildman–Crippen LogP) is 4.85. The van der Waals surface area contributed by atoms with Crippen molar-refractivity contribution < 1.29 is 26.0 Å². The average Bonchev–Trinajstić information content (AvgIpc) is 3.42. The number of benzene rings is 3. The molecule has 0 saturated carbocycles. The Labute approximate surface area is 222 Å². The number of hydrogen-bond acceptors (Lipinski definition) is 6. The van der Waals surface area contributed by atoms with E-state index in [1.54, 1.807) is 36.4 Å². The summed E-state index contributed by atoms with van der Waals surface area (Å²) in [5.74, 6) is -1.30. The molecule has 1 aromatic heterocycles. The molecule has 4 aromatic rings. The van der Waals surface area contributed by atoms with Gasteiger partial charge < -0.3 is 4.90 Å². The molecule has 0 aliphatic carbocycles. The fourth-order valence-corrected chi connectivity index (χ4v) is 8.13. The summed E-state index contributed by atoms with van der Waals surface area (Å²) >= 11 is 7.03. The molecule has 2 heterocycles. The number of rotatable bonds is 6. The maximum Gasteiger partial charge on any atom is 0.250 e. The Morgan fingerprint density at radius 1 is 1.03 bits per heavy atom. The Kier molecular flexibility index (Phi) is 6.61. The lowest BCUT2D eigenvalue weighted by Gasteiger charge is -2.19. The van der Waals surface area contributed by atoms with Gasteiger partial charge in [-0.15, -0.1) is 11.3 Å². The van der Waals surface area contributed by atoms with Gasteiger partial charge in [-0.05, 0) is 53.8 Å². The summed E-state index contributed by atoms with van der Waals surface area (Å²) < 4.78 is 68.6. The van der Waals surface area contributed by atoms with E-state index in [0.717, 1.165) is 17.6 Å². The topological polar surface area (TPSA) is 101 Å². The average molecular weight is 579 g/mol. The van der Waals surface area contributed by atoms with Gasteiger partial charge in [0.25, 0.3) is 10.0 Å². The van der Waals surface area contributed by atoms with Crippen molar-refractivity contribution in [2.45, 2.75) is 21.6 Å². The van der Waals surface area contributed by atoms with E-state index in [1.165, 1.54) is 35.2 Å². The first kappa shape index (κ1) is 25.8. The van der Waals surface area contributed by atoms with Crippen molar-refractivity contribution in [2.75, 3.05) is 17.7 Å². The Bertz CT molecular complexity index is 1770. The summed E-state index contributed by atoms with van der Waals surface area (Å²) in [5, 5.41) is 1.20. The quantitative estimate of drug-likeness (QED) is 0.353. The SMILES string of the molecule is CS(=O)(=O)c1ccccc1-c1ccc(N2CC[C@H](NS(=O)(=O)c3cc4ccc(Cl)cc4s3)C2=O)c(F)c1. The maximum atomic E-state index is 15.2. The molecule has 1 N–H and O–H groups in total. The van der Waals surface area contributed by atoms with E-state index < -0.39 is 37.6 Å². The second-order valence-corrected chi connectivity index (χ2v) is 14.1. The van der Waals surface area contributed by atoms with Gasteiger partial charge in [0.2, 0.25) is 5.91 Å². The molecular formula is C25H20ClFN2O5S3. The molecule has 0 radical (unpaired) electrons. The third-order valence-corrected chi connectivity index (χ3v) is 10.5. The van der Waals surface area contributed by atoms with E-state index in [4.69, 9.17) is 11.6 Å². The van der Waals surface area contributed by atoms with Crippen LogP contribution in [0.5, 0.6) is 0 Å². The van der Waals surface area contributed by atoms with Crippen LogP contribution in [0.15, 0.2) is 75.8 Å². The van der Waals surface area contributed by atoms with Crippen LogP contribution >= 0.6 is 22.9 Å². The molecule has 1 atom stereocenters. The molecular weight excluding hydrogens is 559 g/mol. The van der Waals surface area contributed by atoms with Gasteiger partial charge in [0.15, 0.2) is 9.84 Å². The molecule has 1 amide bonds. The van der Waals surface area contributed by atoms with Gasteiger partial charge in [-0.3, -0.25) is 4.79 Å². The number of fused-ring (bicyclic) bond motifs is 1. The van der Waals surface area contributed by atoms with Crippen LogP contribution in [0.2, 0.25) is 5.02 Å². The standard InChI is InChI=1S/C25H20ClFN2O5S3/c1-36(31,32)23-5-3-2-4-18(23)15-7-9-21(19(27)12-15)29-11-10-20(25(29)30)28-37(33,34)24-13-16-6-8-17(26)14-22(16)35-24/h2-9,12-14,20,28H,10-11H2,1H3/t20-/m0/s1. The molecule has 1 aliphatic rings. The number of carbonyl (C=O) groups excluding carboxylic acids is 1. The second kappa shape index (κ2) is 9.48. The Balaban J connectivity index is 1.38. The zero-order chi connectivity index (χ0) is 26.5. The van der Waals surface area contributed by atoms with Crippen LogP contribution in [-0.2, 0) is 24.7 Å². The minimum atomic E-state index is -4.00. The number of thiophene rings is 1. The van der Waals surface area contributed by atoms with E-state index in [0.29, 0.717) is 26.2 Å². The summed E-state index contributed by atoms with van der Waals surface area (Å²) in [4.78, 5) is 14.3. The number of hydrogen-bond donors (Lipinski definition) is 1. The zero-order valence-corrected chi connectivity index (χ0v) is 22.5. The summed E-state index contributed by atoms with van der Waals surface area (Å²) in [7, 11) is -7.55. The number of anilines is 1.